The number of hydrogen-bond acceptors (Lipinski definition) is 2. The zero-order valence-corrected chi connectivity index (χ0v) is 8.65. The Kier molecular flexibility index (Phi) is 3.45. The van der Waals surface area contributed by atoms with Gasteiger partial charge in [0, 0.05) is 0 Å². The summed E-state index contributed by atoms with van der Waals surface area (Å²) in [4.78, 5) is 0. The maximum Gasteiger partial charge on any atom is 0.421 e. The Labute approximate surface area is 93.3 Å². The molecule has 1 aromatic carbocycles. The minimum Gasteiger partial charge on any atom is -0.392 e. The van der Waals surface area contributed by atoms with Crippen LogP contribution in [0.2, 0.25) is 0 Å². The monoisotopic (exact) mass is 256 g/mol. The van der Waals surface area contributed by atoms with Gasteiger partial charge < -0.3 is 10.2 Å². The molecule has 0 fully saturated rings. The van der Waals surface area contributed by atoms with Crippen LogP contribution in [0.1, 0.15) is 18.1 Å². The van der Waals surface area contributed by atoms with Gasteiger partial charge in [-0.05, 0) is 24.6 Å². The van der Waals surface area contributed by atoms with Gasteiger partial charge in [0.1, 0.15) is 11.6 Å². The van der Waals surface area contributed by atoms with Crippen molar-refractivity contribution in [1.29, 1.82) is 0 Å². The molecule has 0 saturated heterocycles. The van der Waals surface area contributed by atoms with Gasteiger partial charge in [0.05, 0.1) is 12.2 Å². The first-order valence-electron chi connectivity index (χ1n) is 4.49. The Hall–Kier alpha value is -1.21. The predicted octanol–water partition coefficient (Wildman–Crippen LogP) is 2.23. The lowest BCUT2D eigenvalue weighted by molar-refractivity contribution is -0.260. The lowest BCUT2D eigenvalue weighted by Crippen LogP contribution is -2.41. The molecule has 0 spiro atoms. The van der Waals surface area contributed by atoms with E-state index in [0.29, 0.717) is 12.1 Å². The lowest BCUT2D eigenvalue weighted by Gasteiger charge is -2.27. The highest BCUT2D eigenvalue weighted by Gasteiger charge is 2.53. The number of rotatable bonds is 2. The molecule has 0 heterocycles. The Morgan fingerprint density at radius 2 is 1.53 bits per heavy atom. The van der Waals surface area contributed by atoms with Gasteiger partial charge in [-0.2, -0.15) is 13.2 Å². The summed E-state index contributed by atoms with van der Waals surface area (Å²) >= 11 is 0. The zero-order valence-electron chi connectivity index (χ0n) is 8.65. The van der Waals surface area contributed by atoms with Crippen molar-refractivity contribution < 1.29 is 32.2 Å². The molecule has 0 amide bonds. The summed E-state index contributed by atoms with van der Waals surface area (Å²) < 4.78 is 63.9. The van der Waals surface area contributed by atoms with Crippen LogP contribution in [0.25, 0.3) is 0 Å². The normalized spacial score (nSPS) is 15.8. The number of hydrogen-bond donors (Lipinski definition) is 2. The second-order valence-electron chi connectivity index (χ2n) is 3.66. The largest absolute Gasteiger partial charge is 0.421 e. The molecule has 1 rings (SSSR count). The summed E-state index contributed by atoms with van der Waals surface area (Å²) in [5.74, 6) is -3.12. The SMILES string of the molecule is CC(O)(c1c(F)cc(CO)cc1F)C(F)(F)F. The molecule has 1 atom stereocenters. The van der Waals surface area contributed by atoms with Crippen molar-refractivity contribution in [2.45, 2.75) is 25.3 Å². The standard InChI is InChI=1S/C10H9F5O2/c1-9(17,10(13,14)15)8-6(11)2-5(4-16)3-7(8)12/h2-3,16-17H,4H2,1H3. The van der Waals surface area contributed by atoms with Crippen molar-refractivity contribution in [3.05, 3.63) is 34.9 Å². The van der Waals surface area contributed by atoms with E-state index >= 15 is 0 Å². The van der Waals surface area contributed by atoms with Crippen LogP contribution in [0.5, 0.6) is 0 Å². The summed E-state index contributed by atoms with van der Waals surface area (Å²) in [6, 6.07) is 1.08. The van der Waals surface area contributed by atoms with Crippen LogP contribution < -0.4 is 0 Å². The Morgan fingerprint density at radius 3 is 1.82 bits per heavy atom. The molecular formula is C10H9F5O2. The molecule has 0 aromatic heterocycles. The van der Waals surface area contributed by atoms with Crippen LogP contribution in [-0.4, -0.2) is 16.4 Å². The molecule has 0 aliphatic carbocycles. The topological polar surface area (TPSA) is 40.5 Å². The van der Waals surface area contributed by atoms with Gasteiger partial charge in [-0.25, -0.2) is 8.78 Å². The Balaban J connectivity index is 3.42. The summed E-state index contributed by atoms with van der Waals surface area (Å²) in [6.07, 6.45) is -5.21. The molecule has 1 unspecified atom stereocenters. The number of alkyl halides is 3. The Morgan fingerprint density at radius 1 is 1.12 bits per heavy atom. The third-order valence-electron chi connectivity index (χ3n) is 2.32. The van der Waals surface area contributed by atoms with Gasteiger partial charge in [-0.15, -0.1) is 0 Å². The molecule has 1 aromatic rings. The van der Waals surface area contributed by atoms with E-state index in [1.54, 1.807) is 0 Å². The van der Waals surface area contributed by atoms with Crippen molar-refractivity contribution in [3.63, 3.8) is 0 Å². The number of aliphatic hydroxyl groups excluding tert-OH is 1. The number of halogens is 5. The minimum atomic E-state index is -5.21. The molecule has 96 valence electrons. The van der Waals surface area contributed by atoms with Crippen LogP contribution in [0.15, 0.2) is 12.1 Å². The van der Waals surface area contributed by atoms with E-state index in [-0.39, 0.29) is 12.5 Å². The maximum absolute atomic E-state index is 13.3. The van der Waals surface area contributed by atoms with E-state index in [2.05, 4.69) is 0 Å². The fourth-order valence-electron chi connectivity index (χ4n) is 1.32. The minimum absolute atomic E-state index is 0.221. The highest BCUT2D eigenvalue weighted by Crippen LogP contribution is 2.40. The van der Waals surface area contributed by atoms with Crippen molar-refractivity contribution in [3.8, 4) is 0 Å². The summed E-state index contributed by atoms with van der Waals surface area (Å²) in [6.45, 7) is -0.463. The molecule has 0 aliphatic rings. The predicted molar refractivity (Wildman–Crippen MR) is 47.9 cm³/mol. The first kappa shape index (κ1) is 13.9. The molecule has 17 heavy (non-hydrogen) atoms. The van der Waals surface area contributed by atoms with Crippen LogP contribution >= 0.6 is 0 Å². The van der Waals surface area contributed by atoms with Gasteiger partial charge in [0.25, 0.3) is 0 Å². The van der Waals surface area contributed by atoms with Crippen LogP contribution in [0.4, 0.5) is 22.0 Å². The second kappa shape index (κ2) is 4.23. The van der Waals surface area contributed by atoms with Gasteiger partial charge in [0.15, 0.2) is 5.60 Å². The highest BCUT2D eigenvalue weighted by molar-refractivity contribution is 5.31. The van der Waals surface area contributed by atoms with Crippen LogP contribution in [-0.2, 0) is 12.2 Å². The van der Waals surface area contributed by atoms with Gasteiger partial charge >= 0.3 is 6.18 Å². The molecule has 0 saturated carbocycles. The quantitative estimate of drug-likeness (QED) is 0.796. The summed E-state index contributed by atoms with van der Waals surface area (Å²) in [5, 5.41) is 17.8. The average molecular weight is 256 g/mol. The molecule has 0 bridgehead atoms. The second-order valence-corrected chi connectivity index (χ2v) is 3.66. The summed E-state index contributed by atoms with van der Waals surface area (Å²) in [7, 11) is 0. The van der Waals surface area contributed by atoms with E-state index < -0.39 is 35.6 Å². The smallest absolute Gasteiger partial charge is 0.392 e. The first-order valence-corrected chi connectivity index (χ1v) is 4.49. The highest BCUT2D eigenvalue weighted by atomic mass is 19.4. The number of benzene rings is 1. The molecular weight excluding hydrogens is 247 g/mol. The van der Waals surface area contributed by atoms with E-state index in [1.165, 1.54) is 0 Å². The van der Waals surface area contributed by atoms with Gasteiger partial charge in [0.2, 0.25) is 0 Å². The maximum atomic E-state index is 13.3. The van der Waals surface area contributed by atoms with Gasteiger partial charge in [-0.3, -0.25) is 0 Å². The third kappa shape index (κ3) is 2.39. The van der Waals surface area contributed by atoms with Crippen molar-refractivity contribution in [1.82, 2.24) is 0 Å². The van der Waals surface area contributed by atoms with E-state index in [9.17, 15) is 27.1 Å². The van der Waals surface area contributed by atoms with E-state index in [4.69, 9.17) is 5.11 Å². The van der Waals surface area contributed by atoms with Gasteiger partial charge in [-0.1, -0.05) is 0 Å². The molecule has 0 aliphatic heterocycles. The fourth-order valence-corrected chi connectivity index (χ4v) is 1.32. The van der Waals surface area contributed by atoms with Crippen LogP contribution in [0, 0.1) is 11.6 Å². The number of aliphatic hydroxyl groups is 2. The molecule has 7 heteroatoms. The van der Waals surface area contributed by atoms with Crippen molar-refractivity contribution in [2.24, 2.45) is 0 Å². The fraction of sp³-hybridized carbons (Fsp3) is 0.400. The molecule has 2 N–H and O–H groups in total. The first-order chi connectivity index (χ1) is 7.61. The Bertz CT molecular complexity index is 402. The molecule has 0 radical (unpaired) electrons. The third-order valence-corrected chi connectivity index (χ3v) is 2.32. The van der Waals surface area contributed by atoms with Crippen molar-refractivity contribution in [2.75, 3.05) is 0 Å². The van der Waals surface area contributed by atoms with Crippen molar-refractivity contribution >= 4 is 0 Å². The van der Waals surface area contributed by atoms with E-state index in [1.807, 2.05) is 0 Å². The zero-order chi connectivity index (χ0) is 13.4. The summed E-state index contributed by atoms with van der Waals surface area (Å²) in [5.41, 5.74) is -5.33. The average Bonchev–Trinajstić information content (AvgIpc) is 2.14. The molecule has 2 nitrogen and oxygen atoms in total. The lowest BCUT2D eigenvalue weighted by atomic mass is 9.93. The van der Waals surface area contributed by atoms with E-state index in [0.717, 1.165) is 0 Å². The van der Waals surface area contributed by atoms with Crippen LogP contribution in [0.3, 0.4) is 0 Å².